The fourth-order valence-electron chi connectivity index (χ4n) is 8.72. The molecule has 0 heterocycles. The van der Waals surface area contributed by atoms with Crippen molar-refractivity contribution in [1.29, 1.82) is 0 Å². The SMILES string of the molecule is CC12CC3(c4ccc(O)c(N)c4)CC(c4ccc(O)c(N)c4)(C1)CC(c1ccc(O)c(N)c1)(C2)C3. The van der Waals surface area contributed by atoms with Crippen LogP contribution in [0.1, 0.15) is 62.1 Å². The van der Waals surface area contributed by atoms with Gasteiger partial charge in [0.05, 0.1) is 17.1 Å². The third-order valence-electron chi connectivity index (χ3n) is 9.25. The Labute approximate surface area is 205 Å². The van der Waals surface area contributed by atoms with Crippen molar-refractivity contribution in [3.8, 4) is 17.2 Å². The van der Waals surface area contributed by atoms with Gasteiger partial charge in [0, 0.05) is 0 Å². The van der Waals surface area contributed by atoms with Crippen molar-refractivity contribution in [2.45, 2.75) is 61.7 Å². The number of anilines is 3. The fourth-order valence-corrected chi connectivity index (χ4v) is 8.72. The highest BCUT2D eigenvalue weighted by atomic mass is 16.3. The highest BCUT2D eigenvalue weighted by Gasteiger charge is 2.68. The largest absolute Gasteiger partial charge is 0.506 e. The molecule has 0 atom stereocenters. The van der Waals surface area contributed by atoms with Crippen LogP contribution in [0.25, 0.3) is 0 Å². The van der Waals surface area contributed by atoms with E-state index in [0.717, 1.165) is 55.2 Å². The standard InChI is InChI=1S/C29H33N3O3/c1-26-11-27(17-2-5-23(33)20(30)8-17)14-28(12-26,18-3-6-24(34)21(31)9-18)16-29(13-26,15-27)19-4-7-25(35)22(32)10-19/h2-10,33-35H,11-16,30-32H2,1H3. The molecule has 182 valence electrons. The van der Waals surface area contributed by atoms with Crippen molar-refractivity contribution in [2.24, 2.45) is 5.41 Å². The lowest BCUT2D eigenvalue weighted by molar-refractivity contribution is -0.0987. The van der Waals surface area contributed by atoms with E-state index in [9.17, 15) is 15.3 Å². The second-order valence-corrected chi connectivity index (χ2v) is 12.0. The summed E-state index contributed by atoms with van der Waals surface area (Å²) in [6.07, 6.45) is 5.94. The molecule has 6 nitrogen and oxygen atoms in total. The molecule has 0 unspecified atom stereocenters. The first-order valence-electron chi connectivity index (χ1n) is 12.2. The molecule has 4 saturated carbocycles. The zero-order valence-corrected chi connectivity index (χ0v) is 20.0. The highest BCUT2D eigenvalue weighted by molar-refractivity contribution is 5.60. The monoisotopic (exact) mass is 471 g/mol. The van der Waals surface area contributed by atoms with Crippen LogP contribution in [-0.2, 0) is 16.2 Å². The average Bonchev–Trinajstić information content (AvgIpc) is 2.77. The van der Waals surface area contributed by atoms with Crippen LogP contribution in [0.15, 0.2) is 54.6 Å². The van der Waals surface area contributed by atoms with Crippen molar-refractivity contribution < 1.29 is 15.3 Å². The molecule has 35 heavy (non-hydrogen) atoms. The minimum atomic E-state index is -0.148. The van der Waals surface area contributed by atoms with Crippen LogP contribution in [0, 0.1) is 5.41 Å². The molecule has 3 aromatic rings. The lowest BCUT2D eigenvalue weighted by Crippen LogP contribution is -2.65. The number of benzene rings is 3. The Morgan fingerprint density at radius 3 is 1.06 bits per heavy atom. The van der Waals surface area contributed by atoms with Crippen LogP contribution in [-0.4, -0.2) is 15.3 Å². The average molecular weight is 472 g/mol. The summed E-state index contributed by atoms with van der Waals surface area (Å²) in [5.41, 5.74) is 22.9. The summed E-state index contributed by atoms with van der Waals surface area (Å²) in [5.74, 6) is 0.310. The molecule has 4 fully saturated rings. The first-order valence-corrected chi connectivity index (χ1v) is 12.2. The zero-order valence-electron chi connectivity index (χ0n) is 20.0. The second-order valence-electron chi connectivity index (χ2n) is 12.0. The summed E-state index contributed by atoms with van der Waals surface area (Å²) < 4.78 is 0. The Morgan fingerprint density at radius 1 is 0.514 bits per heavy atom. The van der Waals surface area contributed by atoms with Gasteiger partial charge < -0.3 is 32.5 Å². The number of aromatic hydroxyl groups is 3. The van der Waals surface area contributed by atoms with E-state index in [2.05, 4.69) is 6.92 Å². The molecule has 6 heteroatoms. The van der Waals surface area contributed by atoms with Crippen LogP contribution >= 0.6 is 0 Å². The van der Waals surface area contributed by atoms with E-state index in [1.807, 2.05) is 36.4 Å². The summed E-state index contributed by atoms with van der Waals surface area (Å²) in [4.78, 5) is 0. The predicted molar refractivity (Wildman–Crippen MR) is 138 cm³/mol. The maximum Gasteiger partial charge on any atom is 0.138 e. The van der Waals surface area contributed by atoms with Gasteiger partial charge in [0.15, 0.2) is 0 Å². The Balaban J connectivity index is 1.60. The molecular formula is C29H33N3O3. The molecule has 4 bridgehead atoms. The number of nitrogen functional groups attached to an aromatic ring is 3. The van der Waals surface area contributed by atoms with Crippen LogP contribution < -0.4 is 17.2 Å². The van der Waals surface area contributed by atoms with Gasteiger partial charge in [0.1, 0.15) is 17.2 Å². The summed E-state index contributed by atoms with van der Waals surface area (Å²) >= 11 is 0. The first-order chi connectivity index (χ1) is 16.5. The van der Waals surface area contributed by atoms with Crippen LogP contribution in [0.4, 0.5) is 17.1 Å². The van der Waals surface area contributed by atoms with Crippen LogP contribution in [0.2, 0.25) is 0 Å². The molecule has 0 spiro atoms. The molecule has 0 amide bonds. The molecule has 0 radical (unpaired) electrons. The Morgan fingerprint density at radius 2 is 0.800 bits per heavy atom. The van der Waals surface area contributed by atoms with E-state index in [-0.39, 0.29) is 38.9 Å². The maximum atomic E-state index is 10.1. The minimum absolute atomic E-state index is 0.0562. The van der Waals surface area contributed by atoms with E-state index < -0.39 is 0 Å². The topological polar surface area (TPSA) is 139 Å². The van der Waals surface area contributed by atoms with Gasteiger partial charge in [-0.1, -0.05) is 25.1 Å². The maximum absolute atomic E-state index is 10.1. The Kier molecular flexibility index (Phi) is 4.25. The summed E-state index contributed by atoms with van der Waals surface area (Å²) in [6.45, 7) is 2.39. The lowest BCUT2D eigenvalue weighted by atomic mass is 9.33. The number of phenolic OH excluding ortho intramolecular Hbond substituents is 3. The minimum Gasteiger partial charge on any atom is -0.506 e. The van der Waals surface area contributed by atoms with Crippen LogP contribution in [0.5, 0.6) is 17.2 Å². The Bertz CT molecular complexity index is 1200. The lowest BCUT2D eigenvalue weighted by Gasteiger charge is -2.71. The first kappa shape index (κ1) is 22.0. The van der Waals surface area contributed by atoms with Crippen molar-refractivity contribution >= 4 is 17.1 Å². The van der Waals surface area contributed by atoms with Gasteiger partial charge >= 0.3 is 0 Å². The van der Waals surface area contributed by atoms with Gasteiger partial charge in [-0.2, -0.15) is 0 Å². The van der Waals surface area contributed by atoms with Crippen molar-refractivity contribution in [2.75, 3.05) is 17.2 Å². The quantitative estimate of drug-likeness (QED) is 0.233. The van der Waals surface area contributed by atoms with Gasteiger partial charge in [0.2, 0.25) is 0 Å². The van der Waals surface area contributed by atoms with Gasteiger partial charge in [-0.25, -0.2) is 0 Å². The smallest absolute Gasteiger partial charge is 0.138 e. The molecule has 3 aromatic carbocycles. The number of hydrogen-bond donors (Lipinski definition) is 6. The van der Waals surface area contributed by atoms with E-state index >= 15 is 0 Å². The van der Waals surface area contributed by atoms with Gasteiger partial charge in [0.25, 0.3) is 0 Å². The zero-order chi connectivity index (χ0) is 24.8. The van der Waals surface area contributed by atoms with E-state index in [0.29, 0.717) is 17.1 Å². The molecule has 9 N–H and O–H groups in total. The third kappa shape index (κ3) is 3.08. The second kappa shape index (κ2) is 6.78. The Hall–Kier alpha value is -3.54. The number of rotatable bonds is 3. The molecule has 0 aromatic heterocycles. The van der Waals surface area contributed by atoms with Gasteiger partial charge in [-0.15, -0.1) is 0 Å². The predicted octanol–water partition coefficient (Wildman–Crippen LogP) is 5.05. The normalized spacial score (nSPS) is 33.2. The van der Waals surface area contributed by atoms with Crippen molar-refractivity contribution in [1.82, 2.24) is 0 Å². The summed E-state index contributed by atoms with van der Waals surface area (Å²) in [7, 11) is 0. The number of hydrogen-bond acceptors (Lipinski definition) is 6. The van der Waals surface area contributed by atoms with Crippen molar-refractivity contribution in [3.63, 3.8) is 0 Å². The molecule has 0 saturated heterocycles. The van der Waals surface area contributed by atoms with Gasteiger partial charge in [-0.05, 0) is 113 Å². The van der Waals surface area contributed by atoms with Crippen molar-refractivity contribution in [3.05, 3.63) is 71.3 Å². The molecule has 7 rings (SSSR count). The van der Waals surface area contributed by atoms with Gasteiger partial charge in [-0.3, -0.25) is 0 Å². The molecule has 4 aliphatic carbocycles. The molecular weight excluding hydrogens is 438 g/mol. The highest BCUT2D eigenvalue weighted by Crippen LogP contribution is 2.74. The number of phenols is 3. The van der Waals surface area contributed by atoms with E-state index in [1.165, 1.54) is 0 Å². The fraction of sp³-hybridized carbons (Fsp3) is 0.379. The number of nitrogens with two attached hydrogens (primary N) is 3. The van der Waals surface area contributed by atoms with E-state index in [4.69, 9.17) is 17.2 Å². The summed E-state index contributed by atoms with van der Waals surface area (Å²) in [5, 5.41) is 30.4. The molecule has 0 aliphatic heterocycles. The molecule has 4 aliphatic rings. The third-order valence-corrected chi connectivity index (χ3v) is 9.25. The summed E-state index contributed by atoms with van der Waals surface area (Å²) in [6, 6.07) is 17.1. The van der Waals surface area contributed by atoms with E-state index in [1.54, 1.807) is 18.2 Å². The van der Waals surface area contributed by atoms with Crippen LogP contribution in [0.3, 0.4) is 0 Å².